The zero-order chi connectivity index (χ0) is 11.5. The quantitative estimate of drug-likeness (QED) is 0.859. The van der Waals surface area contributed by atoms with E-state index in [0.717, 1.165) is 16.9 Å². The fourth-order valence-corrected chi connectivity index (χ4v) is 1.53. The topological polar surface area (TPSA) is 29.9 Å². The van der Waals surface area contributed by atoms with E-state index in [-0.39, 0.29) is 5.82 Å². The maximum absolute atomic E-state index is 13.0. The SMILES string of the molecule is Cc1ccc(F)cc1NCc1ccn(C)n1. The summed E-state index contributed by atoms with van der Waals surface area (Å²) in [6.07, 6.45) is 1.88. The molecule has 0 radical (unpaired) electrons. The van der Waals surface area contributed by atoms with Crippen LogP contribution in [0.5, 0.6) is 0 Å². The van der Waals surface area contributed by atoms with Gasteiger partial charge < -0.3 is 5.32 Å². The number of hydrogen-bond donors (Lipinski definition) is 1. The molecule has 3 nitrogen and oxygen atoms in total. The Labute approximate surface area is 93.9 Å². The van der Waals surface area contributed by atoms with Crippen molar-refractivity contribution in [2.75, 3.05) is 5.32 Å². The molecule has 0 spiro atoms. The number of halogens is 1. The maximum atomic E-state index is 13.0. The molecule has 0 aliphatic heterocycles. The van der Waals surface area contributed by atoms with E-state index < -0.39 is 0 Å². The molecule has 84 valence electrons. The summed E-state index contributed by atoms with van der Waals surface area (Å²) in [5.74, 6) is -0.228. The zero-order valence-electron chi connectivity index (χ0n) is 9.37. The van der Waals surface area contributed by atoms with Gasteiger partial charge >= 0.3 is 0 Å². The van der Waals surface area contributed by atoms with Gasteiger partial charge in [0.05, 0.1) is 12.2 Å². The molecule has 0 atom stereocenters. The van der Waals surface area contributed by atoms with Crippen LogP contribution in [-0.4, -0.2) is 9.78 Å². The van der Waals surface area contributed by atoms with E-state index in [0.29, 0.717) is 6.54 Å². The number of rotatable bonds is 3. The van der Waals surface area contributed by atoms with E-state index in [9.17, 15) is 4.39 Å². The van der Waals surface area contributed by atoms with Crippen LogP contribution >= 0.6 is 0 Å². The lowest BCUT2D eigenvalue weighted by atomic mass is 10.2. The number of aryl methyl sites for hydroxylation is 2. The van der Waals surface area contributed by atoms with Gasteiger partial charge in [-0.2, -0.15) is 5.10 Å². The first-order valence-corrected chi connectivity index (χ1v) is 5.14. The Hall–Kier alpha value is -1.84. The van der Waals surface area contributed by atoms with Gasteiger partial charge in [-0.1, -0.05) is 6.07 Å². The van der Waals surface area contributed by atoms with Crippen LogP contribution in [-0.2, 0) is 13.6 Å². The van der Waals surface area contributed by atoms with Crippen molar-refractivity contribution in [3.8, 4) is 0 Å². The van der Waals surface area contributed by atoms with Crippen LogP contribution in [0.4, 0.5) is 10.1 Å². The number of hydrogen-bond acceptors (Lipinski definition) is 2. The number of aromatic nitrogens is 2. The van der Waals surface area contributed by atoms with Crippen LogP contribution in [0.1, 0.15) is 11.3 Å². The van der Waals surface area contributed by atoms with Gasteiger partial charge in [0.25, 0.3) is 0 Å². The molecule has 0 amide bonds. The fraction of sp³-hybridized carbons (Fsp3) is 0.250. The monoisotopic (exact) mass is 219 g/mol. The fourth-order valence-electron chi connectivity index (χ4n) is 1.53. The summed E-state index contributed by atoms with van der Waals surface area (Å²) in [7, 11) is 1.87. The van der Waals surface area contributed by atoms with Crippen molar-refractivity contribution in [3.05, 3.63) is 47.5 Å². The van der Waals surface area contributed by atoms with E-state index >= 15 is 0 Å². The lowest BCUT2D eigenvalue weighted by molar-refractivity contribution is 0.627. The zero-order valence-corrected chi connectivity index (χ0v) is 9.37. The molecular formula is C12H14FN3. The second kappa shape index (κ2) is 4.35. The molecule has 0 saturated heterocycles. The molecule has 0 aliphatic rings. The molecule has 1 N–H and O–H groups in total. The van der Waals surface area contributed by atoms with Crippen molar-refractivity contribution in [1.82, 2.24) is 9.78 Å². The average molecular weight is 219 g/mol. The normalized spacial score (nSPS) is 10.4. The third-order valence-electron chi connectivity index (χ3n) is 2.43. The largest absolute Gasteiger partial charge is 0.379 e. The van der Waals surface area contributed by atoms with E-state index in [1.54, 1.807) is 10.7 Å². The third-order valence-corrected chi connectivity index (χ3v) is 2.43. The first-order chi connectivity index (χ1) is 7.65. The van der Waals surface area contributed by atoms with Gasteiger partial charge in [-0.15, -0.1) is 0 Å². The Bertz CT molecular complexity index is 491. The summed E-state index contributed by atoms with van der Waals surface area (Å²) in [6.45, 7) is 2.55. The minimum absolute atomic E-state index is 0.228. The average Bonchev–Trinajstić information content (AvgIpc) is 2.66. The van der Waals surface area contributed by atoms with Crippen molar-refractivity contribution in [2.24, 2.45) is 7.05 Å². The summed E-state index contributed by atoms with van der Waals surface area (Å²) in [5, 5.41) is 7.41. The Morgan fingerprint density at radius 2 is 2.19 bits per heavy atom. The highest BCUT2D eigenvalue weighted by atomic mass is 19.1. The van der Waals surface area contributed by atoms with E-state index in [1.807, 2.05) is 26.2 Å². The molecular weight excluding hydrogens is 205 g/mol. The molecule has 1 heterocycles. The van der Waals surface area contributed by atoms with Crippen LogP contribution in [0.25, 0.3) is 0 Å². The summed E-state index contributed by atoms with van der Waals surface area (Å²) >= 11 is 0. The van der Waals surface area contributed by atoms with Crippen LogP contribution < -0.4 is 5.32 Å². The molecule has 2 rings (SSSR count). The smallest absolute Gasteiger partial charge is 0.125 e. The number of nitrogens with zero attached hydrogens (tertiary/aromatic N) is 2. The Balaban J connectivity index is 2.07. The van der Waals surface area contributed by atoms with Crippen molar-refractivity contribution in [1.29, 1.82) is 0 Å². The van der Waals surface area contributed by atoms with Gasteiger partial charge in [-0.25, -0.2) is 4.39 Å². The van der Waals surface area contributed by atoms with E-state index in [4.69, 9.17) is 0 Å². The van der Waals surface area contributed by atoms with E-state index in [2.05, 4.69) is 10.4 Å². The van der Waals surface area contributed by atoms with Crippen molar-refractivity contribution < 1.29 is 4.39 Å². The summed E-state index contributed by atoms with van der Waals surface area (Å²) < 4.78 is 14.8. The highest BCUT2D eigenvalue weighted by Crippen LogP contribution is 2.16. The molecule has 0 aliphatic carbocycles. The summed E-state index contributed by atoms with van der Waals surface area (Å²) in [5.41, 5.74) is 2.77. The van der Waals surface area contributed by atoms with Gasteiger partial charge in [0.15, 0.2) is 0 Å². The molecule has 16 heavy (non-hydrogen) atoms. The van der Waals surface area contributed by atoms with Crippen molar-refractivity contribution in [3.63, 3.8) is 0 Å². The summed E-state index contributed by atoms with van der Waals surface area (Å²) in [4.78, 5) is 0. The predicted molar refractivity (Wildman–Crippen MR) is 61.7 cm³/mol. The van der Waals surface area contributed by atoms with Crippen LogP contribution in [0.3, 0.4) is 0 Å². The Kier molecular flexibility index (Phi) is 2.90. The highest BCUT2D eigenvalue weighted by Gasteiger charge is 2.01. The molecule has 4 heteroatoms. The number of benzene rings is 1. The Morgan fingerprint density at radius 3 is 2.88 bits per heavy atom. The maximum Gasteiger partial charge on any atom is 0.125 e. The van der Waals surface area contributed by atoms with Crippen LogP contribution in [0.2, 0.25) is 0 Å². The van der Waals surface area contributed by atoms with Crippen LogP contribution in [0.15, 0.2) is 30.5 Å². The molecule has 0 bridgehead atoms. The van der Waals surface area contributed by atoms with Crippen molar-refractivity contribution in [2.45, 2.75) is 13.5 Å². The van der Waals surface area contributed by atoms with Gasteiger partial charge in [-0.05, 0) is 30.7 Å². The molecule has 0 unspecified atom stereocenters. The number of nitrogens with one attached hydrogen (secondary N) is 1. The van der Waals surface area contributed by atoms with Gasteiger partial charge in [0.2, 0.25) is 0 Å². The lowest BCUT2D eigenvalue weighted by Gasteiger charge is -2.07. The predicted octanol–water partition coefficient (Wildman–Crippen LogP) is 2.48. The molecule has 2 aromatic rings. The molecule has 0 fully saturated rings. The van der Waals surface area contributed by atoms with Crippen LogP contribution in [0, 0.1) is 12.7 Å². The minimum atomic E-state index is -0.228. The molecule has 1 aromatic carbocycles. The highest BCUT2D eigenvalue weighted by molar-refractivity contribution is 5.50. The summed E-state index contributed by atoms with van der Waals surface area (Å²) in [6, 6.07) is 6.65. The first kappa shape index (κ1) is 10.7. The second-order valence-electron chi connectivity index (χ2n) is 3.79. The molecule has 1 aromatic heterocycles. The van der Waals surface area contributed by atoms with Gasteiger partial charge in [0, 0.05) is 18.9 Å². The standard InChI is InChI=1S/C12H14FN3/c1-9-3-4-10(13)7-12(9)14-8-11-5-6-16(2)15-11/h3-7,14H,8H2,1-2H3. The lowest BCUT2D eigenvalue weighted by Crippen LogP contribution is -2.02. The van der Waals surface area contributed by atoms with Gasteiger partial charge in [0.1, 0.15) is 5.82 Å². The molecule has 0 saturated carbocycles. The van der Waals surface area contributed by atoms with Crippen molar-refractivity contribution >= 4 is 5.69 Å². The second-order valence-corrected chi connectivity index (χ2v) is 3.79. The van der Waals surface area contributed by atoms with E-state index in [1.165, 1.54) is 12.1 Å². The first-order valence-electron chi connectivity index (χ1n) is 5.14. The minimum Gasteiger partial charge on any atom is -0.379 e. The Morgan fingerprint density at radius 1 is 1.38 bits per heavy atom. The number of anilines is 1. The van der Waals surface area contributed by atoms with Gasteiger partial charge in [-0.3, -0.25) is 4.68 Å². The third kappa shape index (κ3) is 2.39.